The molecule has 1 aromatic carbocycles. The summed E-state index contributed by atoms with van der Waals surface area (Å²) in [4.78, 5) is 0. The van der Waals surface area contributed by atoms with Gasteiger partial charge in [-0.1, -0.05) is 12.1 Å². The van der Waals surface area contributed by atoms with Crippen LogP contribution in [0.2, 0.25) is 0 Å². The monoisotopic (exact) mass is 189 g/mol. The van der Waals surface area contributed by atoms with Crippen molar-refractivity contribution in [1.29, 1.82) is 0 Å². The van der Waals surface area contributed by atoms with Crippen LogP contribution in [0.3, 0.4) is 0 Å². The number of fused-ring (bicyclic) bond motifs is 1. The normalized spacial score (nSPS) is 33.9. The Kier molecular flexibility index (Phi) is 1.77. The van der Waals surface area contributed by atoms with Gasteiger partial charge in [0.1, 0.15) is 5.75 Å². The van der Waals surface area contributed by atoms with Crippen LogP contribution in [0.15, 0.2) is 24.3 Å². The van der Waals surface area contributed by atoms with Crippen LogP contribution in [0.5, 0.6) is 5.75 Å². The van der Waals surface area contributed by atoms with Gasteiger partial charge in [0, 0.05) is 0 Å². The maximum Gasteiger partial charge on any atom is 0.118 e. The van der Waals surface area contributed by atoms with Crippen molar-refractivity contribution in [3.8, 4) is 5.75 Å². The smallest absolute Gasteiger partial charge is 0.118 e. The molecule has 2 nitrogen and oxygen atoms in total. The molecule has 0 radical (unpaired) electrons. The van der Waals surface area contributed by atoms with Crippen molar-refractivity contribution in [2.45, 2.75) is 5.92 Å². The predicted molar refractivity (Wildman–Crippen MR) is 55.6 cm³/mol. The first-order chi connectivity index (χ1) is 6.90. The summed E-state index contributed by atoms with van der Waals surface area (Å²) in [6.45, 7) is 2.42. The molecule has 0 bridgehead atoms. The highest BCUT2D eigenvalue weighted by Crippen LogP contribution is 2.55. The van der Waals surface area contributed by atoms with Crippen LogP contribution in [0, 0.1) is 11.8 Å². The minimum atomic E-state index is 0.821. The molecule has 1 aromatic rings. The average molecular weight is 189 g/mol. The second-order valence-corrected chi connectivity index (χ2v) is 4.28. The van der Waals surface area contributed by atoms with E-state index in [0.717, 1.165) is 23.5 Å². The first kappa shape index (κ1) is 8.30. The summed E-state index contributed by atoms with van der Waals surface area (Å²) in [5, 5.41) is 3.42. The van der Waals surface area contributed by atoms with E-state index in [9.17, 15) is 0 Å². The Morgan fingerprint density at radius 3 is 2.36 bits per heavy atom. The highest BCUT2D eigenvalue weighted by Gasteiger charge is 2.53. The molecule has 2 aliphatic rings. The third-order valence-corrected chi connectivity index (χ3v) is 3.59. The lowest BCUT2D eigenvalue weighted by Crippen LogP contribution is -2.13. The van der Waals surface area contributed by atoms with Gasteiger partial charge in [-0.25, -0.2) is 0 Å². The van der Waals surface area contributed by atoms with Gasteiger partial charge in [0.15, 0.2) is 0 Å². The van der Waals surface area contributed by atoms with E-state index >= 15 is 0 Å². The summed E-state index contributed by atoms with van der Waals surface area (Å²) in [5.41, 5.74) is 1.49. The fourth-order valence-corrected chi connectivity index (χ4v) is 2.74. The number of hydrogen-bond acceptors (Lipinski definition) is 2. The zero-order valence-corrected chi connectivity index (χ0v) is 8.36. The summed E-state index contributed by atoms with van der Waals surface area (Å²) in [6, 6.07) is 8.55. The van der Waals surface area contributed by atoms with Gasteiger partial charge in [0.05, 0.1) is 7.11 Å². The zero-order valence-electron chi connectivity index (χ0n) is 8.36. The van der Waals surface area contributed by atoms with E-state index in [0.29, 0.717) is 0 Å². The first-order valence-corrected chi connectivity index (χ1v) is 5.25. The van der Waals surface area contributed by atoms with Crippen LogP contribution in [0.1, 0.15) is 11.5 Å². The Bertz CT molecular complexity index is 323. The maximum atomic E-state index is 5.15. The Morgan fingerprint density at radius 2 is 1.79 bits per heavy atom. The molecule has 14 heavy (non-hydrogen) atoms. The van der Waals surface area contributed by atoms with E-state index in [1.165, 1.54) is 18.7 Å². The van der Waals surface area contributed by atoms with E-state index in [4.69, 9.17) is 4.74 Å². The molecule has 0 amide bonds. The molecule has 2 fully saturated rings. The molecule has 1 saturated heterocycles. The molecule has 2 heteroatoms. The summed E-state index contributed by atoms with van der Waals surface area (Å²) in [6.07, 6.45) is 0. The van der Waals surface area contributed by atoms with Crippen molar-refractivity contribution in [3.05, 3.63) is 29.8 Å². The van der Waals surface area contributed by atoms with Gasteiger partial charge < -0.3 is 10.1 Å². The SMILES string of the molecule is COc1ccc(C2[C@H]3CNC[C@@H]23)cc1. The molecule has 1 aliphatic carbocycles. The Balaban J connectivity index is 1.78. The largest absolute Gasteiger partial charge is 0.497 e. The summed E-state index contributed by atoms with van der Waals surface area (Å²) >= 11 is 0. The topological polar surface area (TPSA) is 21.3 Å². The van der Waals surface area contributed by atoms with Crippen LogP contribution in [-0.2, 0) is 0 Å². The Labute approximate surface area is 84.3 Å². The van der Waals surface area contributed by atoms with E-state index in [-0.39, 0.29) is 0 Å². The number of hydrogen-bond donors (Lipinski definition) is 1. The van der Waals surface area contributed by atoms with Crippen molar-refractivity contribution >= 4 is 0 Å². The number of rotatable bonds is 2. The summed E-state index contributed by atoms with van der Waals surface area (Å²) < 4.78 is 5.15. The van der Waals surface area contributed by atoms with Crippen molar-refractivity contribution in [2.24, 2.45) is 11.8 Å². The third kappa shape index (κ3) is 1.14. The lowest BCUT2D eigenvalue weighted by Gasteiger charge is -2.05. The molecule has 74 valence electrons. The highest BCUT2D eigenvalue weighted by molar-refractivity contribution is 5.35. The van der Waals surface area contributed by atoms with Crippen LogP contribution in [0.4, 0.5) is 0 Å². The minimum Gasteiger partial charge on any atom is -0.497 e. The van der Waals surface area contributed by atoms with E-state index in [1.54, 1.807) is 7.11 Å². The zero-order chi connectivity index (χ0) is 9.54. The molecule has 1 saturated carbocycles. The summed E-state index contributed by atoms with van der Waals surface area (Å²) in [5.74, 6) is 3.59. The van der Waals surface area contributed by atoms with Crippen LogP contribution in [-0.4, -0.2) is 20.2 Å². The number of benzene rings is 1. The van der Waals surface area contributed by atoms with Crippen LogP contribution >= 0.6 is 0 Å². The van der Waals surface area contributed by atoms with Gasteiger partial charge in [0.25, 0.3) is 0 Å². The third-order valence-electron chi connectivity index (χ3n) is 3.59. The number of ether oxygens (including phenoxy) is 1. The van der Waals surface area contributed by atoms with E-state index in [1.807, 2.05) is 0 Å². The lowest BCUT2D eigenvalue weighted by molar-refractivity contribution is 0.414. The molecule has 1 unspecified atom stereocenters. The second-order valence-electron chi connectivity index (χ2n) is 4.28. The number of piperidine rings is 1. The highest BCUT2D eigenvalue weighted by atomic mass is 16.5. The molecular formula is C12H15NO. The van der Waals surface area contributed by atoms with Gasteiger partial charge in [-0.15, -0.1) is 0 Å². The molecule has 3 atom stereocenters. The standard InChI is InChI=1S/C12H15NO/c1-14-9-4-2-8(3-5-9)12-10-6-13-7-11(10)12/h2-5,10-13H,6-7H2,1H3/t10-,11+,12?. The van der Waals surface area contributed by atoms with Crippen molar-refractivity contribution in [3.63, 3.8) is 0 Å². The Morgan fingerprint density at radius 1 is 1.14 bits per heavy atom. The molecule has 0 spiro atoms. The molecule has 3 rings (SSSR count). The number of methoxy groups -OCH3 is 1. The number of nitrogens with one attached hydrogen (secondary N) is 1. The van der Waals surface area contributed by atoms with Crippen molar-refractivity contribution < 1.29 is 4.74 Å². The molecule has 1 N–H and O–H groups in total. The molecule has 1 aliphatic heterocycles. The van der Waals surface area contributed by atoms with Crippen LogP contribution in [0.25, 0.3) is 0 Å². The predicted octanol–water partition coefficient (Wildman–Crippen LogP) is 1.63. The van der Waals surface area contributed by atoms with E-state index < -0.39 is 0 Å². The fraction of sp³-hybridized carbons (Fsp3) is 0.500. The lowest BCUT2D eigenvalue weighted by atomic mass is 10.1. The molecule has 0 aromatic heterocycles. The van der Waals surface area contributed by atoms with Gasteiger partial charge in [-0.3, -0.25) is 0 Å². The van der Waals surface area contributed by atoms with Gasteiger partial charge in [-0.2, -0.15) is 0 Å². The second kappa shape index (κ2) is 2.99. The molecule has 1 heterocycles. The Hall–Kier alpha value is -1.02. The van der Waals surface area contributed by atoms with Crippen molar-refractivity contribution in [1.82, 2.24) is 5.32 Å². The van der Waals surface area contributed by atoms with Gasteiger partial charge in [0.2, 0.25) is 0 Å². The van der Waals surface area contributed by atoms with Gasteiger partial charge in [-0.05, 0) is 48.5 Å². The molecular weight excluding hydrogens is 174 g/mol. The maximum absolute atomic E-state index is 5.15. The summed E-state index contributed by atoms with van der Waals surface area (Å²) in [7, 11) is 1.71. The van der Waals surface area contributed by atoms with Gasteiger partial charge >= 0.3 is 0 Å². The van der Waals surface area contributed by atoms with E-state index in [2.05, 4.69) is 29.6 Å². The van der Waals surface area contributed by atoms with Crippen molar-refractivity contribution in [2.75, 3.05) is 20.2 Å². The first-order valence-electron chi connectivity index (χ1n) is 5.25. The fourth-order valence-electron chi connectivity index (χ4n) is 2.74. The minimum absolute atomic E-state index is 0.821. The average Bonchev–Trinajstić information content (AvgIpc) is 2.72. The quantitative estimate of drug-likeness (QED) is 0.763. The van der Waals surface area contributed by atoms with Crippen LogP contribution < -0.4 is 10.1 Å².